The second-order valence-corrected chi connectivity index (χ2v) is 5.74. The second-order valence-electron chi connectivity index (χ2n) is 5.74. The van der Waals surface area contributed by atoms with Gasteiger partial charge >= 0.3 is 6.09 Å². The van der Waals surface area contributed by atoms with E-state index in [-0.39, 0.29) is 31.0 Å². The Kier molecular flexibility index (Phi) is 6.89. The summed E-state index contributed by atoms with van der Waals surface area (Å²) in [6, 6.07) is 16.1. The van der Waals surface area contributed by atoms with Gasteiger partial charge in [0.1, 0.15) is 5.78 Å². The topological polar surface area (TPSA) is 72.5 Å². The number of hydrogen-bond donors (Lipinski definition) is 1. The highest BCUT2D eigenvalue weighted by atomic mass is 16.5. The number of Topliss-reactive ketones (excluding diaryl/α,β-unsaturated/α-hetero) is 2. The number of aryl methyl sites for hydroxylation is 1. The Morgan fingerprint density at radius 1 is 0.960 bits per heavy atom. The Morgan fingerprint density at radius 3 is 2.32 bits per heavy atom. The minimum absolute atomic E-state index is 0.125. The molecule has 2 aromatic rings. The number of nitrogens with one attached hydrogen (secondary N) is 1. The highest BCUT2D eigenvalue weighted by Crippen LogP contribution is 2.09. The average molecular weight is 339 g/mol. The number of amides is 1. The van der Waals surface area contributed by atoms with E-state index in [2.05, 4.69) is 5.32 Å². The summed E-state index contributed by atoms with van der Waals surface area (Å²) in [5.41, 5.74) is 2.28. The van der Waals surface area contributed by atoms with Crippen LogP contribution < -0.4 is 5.32 Å². The van der Waals surface area contributed by atoms with Crippen LogP contribution in [0.1, 0.15) is 35.2 Å². The van der Waals surface area contributed by atoms with Crippen LogP contribution in [0, 0.1) is 6.92 Å². The normalized spacial score (nSPS) is 10.1. The van der Waals surface area contributed by atoms with Gasteiger partial charge in [0.2, 0.25) is 0 Å². The number of benzene rings is 2. The molecule has 0 unspecified atom stereocenters. The molecule has 1 amide bonds. The lowest BCUT2D eigenvalue weighted by Gasteiger charge is -2.07. The quantitative estimate of drug-likeness (QED) is 0.445. The van der Waals surface area contributed by atoms with Gasteiger partial charge in [0.05, 0.1) is 13.0 Å². The van der Waals surface area contributed by atoms with Gasteiger partial charge in [0.15, 0.2) is 5.78 Å². The predicted octanol–water partition coefficient (Wildman–Crippen LogP) is 4.17. The summed E-state index contributed by atoms with van der Waals surface area (Å²) in [6.07, 6.45) is -0.0882. The van der Waals surface area contributed by atoms with Gasteiger partial charge in [-0.15, -0.1) is 0 Å². The van der Waals surface area contributed by atoms with Crippen LogP contribution in [0.2, 0.25) is 0 Å². The first kappa shape index (κ1) is 18.4. The van der Waals surface area contributed by atoms with Gasteiger partial charge in [-0.1, -0.05) is 48.0 Å². The van der Waals surface area contributed by atoms with E-state index in [0.717, 1.165) is 5.56 Å². The molecule has 1 N–H and O–H groups in total. The molecule has 25 heavy (non-hydrogen) atoms. The number of carbonyl (C=O) groups excluding carboxylic acids is 3. The molecule has 0 atom stereocenters. The molecule has 0 heterocycles. The summed E-state index contributed by atoms with van der Waals surface area (Å²) < 4.78 is 5.03. The Labute approximate surface area is 147 Å². The van der Waals surface area contributed by atoms with Crippen LogP contribution in [0.15, 0.2) is 54.6 Å². The van der Waals surface area contributed by atoms with Crippen LogP contribution in [0.5, 0.6) is 0 Å². The summed E-state index contributed by atoms with van der Waals surface area (Å²) >= 11 is 0. The summed E-state index contributed by atoms with van der Waals surface area (Å²) in [4.78, 5) is 35.4. The fraction of sp³-hybridized carbons (Fsp3) is 0.250. The van der Waals surface area contributed by atoms with Crippen LogP contribution >= 0.6 is 0 Å². The van der Waals surface area contributed by atoms with Crippen LogP contribution in [0.3, 0.4) is 0 Å². The summed E-state index contributed by atoms with van der Waals surface area (Å²) in [7, 11) is 0. The Bertz CT molecular complexity index is 723. The number of ketones is 2. The number of anilines is 1. The number of ether oxygens (including phenoxy) is 1. The molecule has 0 saturated heterocycles. The SMILES string of the molecule is Cc1ccc(NC(=O)OCCCC(=O)CC(=O)c2ccccc2)cc1. The zero-order valence-corrected chi connectivity index (χ0v) is 14.2. The fourth-order valence-corrected chi connectivity index (χ4v) is 2.22. The van der Waals surface area contributed by atoms with Gasteiger partial charge in [0, 0.05) is 17.7 Å². The third kappa shape index (κ3) is 6.59. The van der Waals surface area contributed by atoms with E-state index >= 15 is 0 Å². The van der Waals surface area contributed by atoms with Crippen molar-refractivity contribution in [3.05, 3.63) is 65.7 Å². The van der Waals surface area contributed by atoms with Crippen molar-refractivity contribution in [2.45, 2.75) is 26.2 Å². The zero-order chi connectivity index (χ0) is 18.1. The molecule has 0 saturated carbocycles. The first-order chi connectivity index (χ1) is 12.0. The molecular formula is C20H21NO4. The van der Waals surface area contributed by atoms with E-state index in [1.54, 1.807) is 36.4 Å². The number of carbonyl (C=O) groups is 3. The number of rotatable bonds is 8. The molecule has 130 valence electrons. The molecule has 2 aromatic carbocycles. The van der Waals surface area contributed by atoms with Gasteiger partial charge in [-0.2, -0.15) is 0 Å². The molecule has 0 aromatic heterocycles. The molecule has 0 aliphatic carbocycles. The maximum absolute atomic E-state index is 11.9. The molecule has 0 aliphatic rings. The molecule has 0 aliphatic heterocycles. The smallest absolute Gasteiger partial charge is 0.411 e. The van der Waals surface area contributed by atoms with Gasteiger partial charge < -0.3 is 4.74 Å². The minimum Gasteiger partial charge on any atom is -0.449 e. The van der Waals surface area contributed by atoms with Gasteiger partial charge in [-0.05, 0) is 25.5 Å². The fourth-order valence-electron chi connectivity index (χ4n) is 2.22. The molecule has 0 bridgehead atoms. The average Bonchev–Trinajstić information content (AvgIpc) is 2.61. The monoisotopic (exact) mass is 339 g/mol. The molecule has 0 radical (unpaired) electrons. The lowest BCUT2D eigenvalue weighted by atomic mass is 10.0. The van der Waals surface area contributed by atoms with Gasteiger partial charge in [0.25, 0.3) is 0 Å². The first-order valence-corrected chi connectivity index (χ1v) is 8.15. The second kappa shape index (κ2) is 9.37. The predicted molar refractivity (Wildman–Crippen MR) is 95.8 cm³/mol. The summed E-state index contributed by atoms with van der Waals surface area (Å²) in [5, 5.41) is 2.61. The summed E-state index contributed by atoms with van der Waals surface area (Å²) in [5.74, 6) is -0.347. The maximum atomic E-state index is 11.9. The van der Waals surface area contributed by atoms with Gasteiger partial charge in [-0.25, -0.2) is 4.79 Å². The molecule has 5 nitrogen and oxygen atoms in total. The molecule has 5 heteroatoms. The molecule has 0 fully saturated rings. The Balaban J connectivity index is 1.63. The first-order valence-electron chi connectivity index (χ1n) is 8.15. The van der Waals surface area contributed by atoms with Crippen molar-refractivity contribution in [1.82, 2.24) is 0 Å². The maximum Gasteiger partial charge on any atom is 0.411 e. The number of hydrogen-bond acceptors (Lipinski definition) is 4. The van der Waals surface area contributed by atoms with Crippen molar-refractivity contribution in [2.75, 3.05) is 11.9 Å². The Hall–Kier alpha value is -2.95. The van der Waals surface area contributed by atoms with E-state index in [9.17, 15) is 14.4 Å². The minimum atomic E-state index is -0.559. The van der Waals surface area contributed by atoms with E-state index in [1.807, 2.05) is 25.1 Å². The van der Waals surface area contributed by atoms with Crippen molar-refractivity contribution in [3.8, 4) is 0 Å². The lowest BCUT2D eigenvalue weighted by Crippen LogP contribution is -2.15. The third-order valence-electron chi connectivity index (χ3n) is 3.58. The van der Waals surface area contributed by atoms with E-state index < -0.39 is 6.09 Å². The molecule has 0 spiro atoms. The van der Waals surface area contributed by atoms with Crippen molar-refractivity contribution in [1.29, 1.82) is 0 Å². The van der Waals surface area contributed by atoms with Crippen molar-refractivity contribution < 1.29 is 19.1 Å². The lowest BCUT2D eigenvalue weighted by molar-refractivity contribution is -0.118. The Morgan fingerprint density at radius 2 is 1.64 bits per heavy atom. The third-order valence-corrected chi connectivity index (χ3v) is 3.58. The molecule has 2 rings (SSSR count). The van der Waals surface area contributed by atoms with Crippen LogP contribution in [0.4, 0.5) is 10.5 Å². The van der Waals surface area contributed by atoms with Crippen LogP contribution in [0.25, 0.3) is 0 Å². The van der Waals surface area contributed by atoms with E-state index in [4.69, 9.17) is 4.74 Å². The molecular weight excluding hydrogens is 318 g/mol. The highest BCUT2D eigenvalue weighted by Gasteiger charge is 2.11. The largest absolute Gasteiger partial charge is 0.449 e. The summed E-state index contributed by atoms with van der Waals surface area (Å²) in [6.45, 7) is 2.09. The van der Waals surface area contributed by atoms with E-state index in [0.29, 0.717) is 17.7 Å². The highest BCUT2D eigenvalue weighted by molar-refractivity contribution is 6.07. The standard InChI is InChI=1S/C20H21NO4/c1-15-9-11-17(12-10-15)21-20(24)25-13-5-8-18(22)14-19(23)16-6-3-2-4-7-16/h2-4,6-7,9-12H,5,8,13-14H2,1H3,(H,21,24). The van der Waals surface area contributed by atoms with Crippen LogP contribution in [-0.4, -0.2) is 24.3 Å². The zero-order valence-electron chi connectivity index (χ0n) is 14.2. The van der Waals surface area contributed by atoms with Crippen molar-refractivity contribution in [2.24, 2.45) is 0 Å². The van der Waals surface area contributed by atoms with Crippen molar-refractivity contribution >= 4 is 23.3 Å². The van der Waals surface area contributed by atoms with Gasteiger partial charge in [-0.3, -0.25) is 14.9 Å². The van der Waals surface area contributed by atoms with Crippen LogP contribution in [-0.2, 0) is 9.53 Å². The van der Waals surface area contributed by atoms with Crippen molar-refractivity contribution in [3.63, 3.8) is 0 Å². The van der Waals surface area contributed by atoms with E-state index in [1.165, 1.54) is 0 Å².